The summed E-state index contributed by atoms with van der Waals surface area (Å²) in [4.78, 5) is 22.3. The van der Waals surface area contributed by atoms with Gasteiger partial charge in [-0.25, -0.2) is 26.8 Å². The molecule has 3 aromatic rings. The molecule has 0 radical (unpaired) electrons. The minimum Gasteiger partial charge on any atom is -0.744 e. The minimum absolute atomic E-state index is 0.00400. The first-order chi connectivity index (χ1) is 16.2. The molecule has 0 heterocycles. The average Bonchev–Trinajstić information content (AvgIpc) is 2.77. The van der Waals surface area contributed by atoms with Crippen LogP contribution in [0.25, 0.3) is 0 Å². The van der Waals surface area contributed by atoms with Crippen molar-refractivity contribution in [2.45, 2.75) is 4.90 Å². The third-order valence-corrected chi connectivity index (χ3v) is 8.67. The van der Waals surface area contributed by atoms with Crippen molar-refractivity contribution in [2.24, 2.45) is 0 Å². The largest absolute Gasteiger partial charge is 0.744 e. The van der Waals surface area contributed by atoms with Crippen LogP contribution in [0.15, 0.2) is 41.3 Å². The van der Waals surface area contributed by atoms with Gasteiger partial charge in [-0.2, -0.15) is 8.78 Å². The van der Waals surface area contributed by atoms with Crippen LogP contribution in [0.2, 0.25) is 0 Å². The highest BCUT2D eigenvalue weighted by molar-refractivity contribution is 14.1. The van der Waals surface area contributed by atoms with E-state index in [1.54, 1.807) is 6.07 Å². The SMILES string of the molecule is O=C(Oc1c(F)c(F)c(S(=O)(=O)[O-])c(F)c1F)c1ccc(OC(=O)c2cc(I)cc(I)c2I)cc1. The molecular weight excluding hydrogens is 841 g/mol. The predicted octanol–water partition coefficient (Wildman–Crippen LogP) is 5.40. The number of carbonyl (C=O) groups is 2. The zero-order valence-electron chi connectivity index (χ0n) is 16.4. The van der Waals surface area contributed by atoms with E-state index >= 15 is 0 Å². The molecule has 0 amide bonds. The molecule has 0 aromatic heterocycles. The summed E-state index contributed by atoms with van der Waals surface area (Å²) in [6.45, 7) is 0. The van der Waals surface area contributed by atoms with E-state index in [4.69, 9.17) is 4.74 Å². The van der Waals surface area contributed by atoms with E-state index in [9.17, 15) is 40.1 Å². The van der Waals surface area contributed by atoms with Gasteiger partial charge in [0.05, 0.1) is 11.1 Å². The Hall–Kier alpha value is -1.58. The van der Waals surface area contributed by atoms with E-state index < -0.39 is 56.0 Å². The number of hydrogen-bond donors (Lipinski definition) is 0. The summed E-state index contributed by atoms with van der Waals surface area (Å²) in [5.74, 6) is -13.9. The van der Waals surface area contributed by atoms with Crippen molar-refractivity contribution in [1.82, 2.24) is 0 Å². The highest BCUT2D eigenvalue weighted by atomic mass is 127. The van der Waals surface area contributed by atoms with Crippen LogP contribution in [0.1, 0.15) is 20.7 Å². The molecule has 0 fully saturated rings. The van der Waals surface area contributed by atoms with Crippen LogP contribution in [-0.2, 0) is 10.1 Å². The molecule has 0 aliphatic heterocycles. The maximum atomic E-state index is 14.0. The van der Waals surface area contributed by atoms with Gasteiger partial charge in [0.25, 0.3) is 0 Å². The van der Waals surface area contributed by atoms with E-state index in [1.165, 1.54) is 0 Å². The standard InChI is InChI=1S/C20H7F4I3O7S/c21-12-14(23)18(35(30,31)32)15(24)13(22)17(12)34-19(28)7-1-3-9(4-2-7)33-20(29)10-5-8(25)6-11(26)16(10)27/h1-6H,(H,30,31,32)/p-1. The van der Waals surface area contributed by atoms with Gasteiger partial charge in [-0.1, -0.05) is 0 Å². The van der Waals surface area contributed by atoms with Crippen molar-refractivity contribution in [3.8, 4) is 11.5 Å². The van der Waals surface area contributed by atoms with E-state index in [1.807, 2.05) is 51.2 Å². The molecule has 0 saturated heterocycles. The smallest absolute Gasteiger partial charge is 0.344 e. The van der Waals surface area contributed by atoms with Crippen LogP contribution >= 0.6 is 67.8 Å². The first-order valence-corrected chi connectivity index (χ1v) is 13.4. The summed E-state index contributed by atoms with van der Waals surface area (Å²) in [6, 6.07) is 7.85. The van der Waals surface area contributed by atoms with Crippen LogP contribution in [0, 0.1) is 34.0 Å². The molecule has 184 valence electrons. The van der Waals surface area contributed by atoms with Gasteiger partial charge >= 0.3 is 11.9 Å². The third-order valence-electron chi connectivity index (χ3n) is 4.14. The second-order valence-electron chi connectivity index (χ2n) is 6.42. The molecule has 15 heteroatoms. The van der Waals surface area contributed by atoms with Gasteiger partial charge in [0.1, 0.15) is 20.8 Å². The Morgan fingerprint density at radius 3 is 1.86 bits per heavy atom. The quantitative estimate of drug-likeness (QED) is 0.0846. The monoisotopic (exact) mass is 847 g/mol. The number of ether oxygens (including phenoxy) is 2. The van der Waals surface area contributed by atoms with Gasteiger partial charge in [0.15, 0.2) is 11.6 Å². The van der Waals surface area contributed by atoms with Crippen molar-refractivity contribution in [2.75, 3.05) is 0 Å². The topological polar surface area (TPSA) is 110 Å². The van der Waals surface area contributed by atoms with Crippen LogP contribution in [0.3, 0.4) is 0 Å². The van der Waals surface area contributed by atoms with Crippen molar-refractivity contribution >= 4 is 89.8 Å². The Balaban J connectivity index is 1.83. The summed E-state index contributed by atoms with van der Waals surface area (Å²) < 4.78 is 100. The second kappa shape index (κ2) is 10.8. The maximum Gasteiger partial charge on any atom is 0.344 e. The van der Waals surface area contributed by atoms with E-state index in [0.29, 0.717) is 9.13 Å². The van der Waals surface area contributed by atoms with Gasteiger partial charge in [0.2, 0.25) is 17.4 Å². The predicted molar refractivity (Wildman–Crippen MR) is 135 cm³/mol. The van der Waals surface area contributed by atoms with Gasteiger partial charge in [-0.05, 0) is 104 Å². The molecule has 0 aliphatic rings. The molecule has 3 aromatic carbocycles. The maximum absolute atomic E-state index is 14.0. The lowest BCUT2D eigenvalue weighted by Gasteiger charge is -2.14. The Morgan fingerprint density at radius 2 is 1.34 bits per heavy atom. The summed E-state index contributed by atoms with van der Waals surface area (Å²) in [6.07, 6.45) is 0. The van der Waals surface area contributed by atoms with Crippen molar-refractivity contribution in [1.29, 1.82) is 0 Å². The Bertz CT molecular complexity index is 1450. The van der Waals surface area contributed by atoms with Crippen LogP contribution in [-0.4, -0.2) is 24.9 Å². The fraction of sp³-hybridized carbons (Fsp3) is 0. The van der Waals surface area contributed by atoms with Gasteiger partial charge in [0, 0.05) is 10.7 Å². The lowest BCUT2D eigenvalue weighted by molar-refractivity contribution is 0.0715. The number of hydrogen-bond acceptors (Lipinski definition) is 7. The van der Waals surface area contributed by atoms with E-state index in [2.05, 4.69) is 27.3 Å². The number of rotatable bonds is 5. The zero-order chi connectivity index (χ0) is 26.2. The van der Waals surface area contributed by atoms with Crippen LogP contribution in [0.4, 0.5) is 17.6 Å². The molecule has 0 aliphatic carbocycles. The summed E-state index contributed by atoms with van der Waals surface area (Å²) >= 11 is 6.07. The molecule has 7 nitrogen and oxygen atoms in total. The molecule has 0 saturated carbocycles. The lowest BCUT2D eigenvalue weighted by Crippen LogP contribution is -2.16. The van der Waals surface area contributed by atoms with Gasteiger partial charge in [-0.15, -0.1) is 0 Å². The Labute approximate surface area is 235 Å². The summed E-state index contributed by atoms with van der Waals surface area (Å²) in [5, 5.41) is 0. The number of halogens is 7. The molecule has 0 spiro atoms. The zero-order valence-corrected chi connectivity index (χ0v) is 23.7. The molecule has 0 unspecified atom stereocenters. The normalized spacial score (nSPS) is 11.3. The minimum atomic E-state index is -5.91. The Morgan fingerprint density at radius 1 is 0.800 bits per heavy atom. The molecule has 0 bridgehead atoms. The van der Waals surface area contributed by atoms with Crippen LogP contribution in [0.5, 0.6) is 11.5 Å². The fourth-order valence-electron chi connectivity index (χ4n) is 2.58. The first kappa shape index (κ1) is 28.0. The number of esters is 2. The molecule has 35 heavy (non-hydrogen) atoms. The third kappa shape index (κ3) is 6.05. The van der Waals surface area contributed by atoms with E-state index in [-0.39, 0.29) is 11.3 Å². The summed E-state index contributed by atoms with van der Waals surface area (Å²) in [5.41, 5.74) is -0.0766. The van der Waals surface area contributed by atoms with E-state index in [0.717, 1.165) is 31.4 Å². The highest BCUT2D eigenvalue weighted by Gasteiger charge is 2.31. The molecular formula is C20H6F4I3O7S-. The molecule has 0 atom stereocenters. The lowest BCUT2D eigenvalue weighted by atomic mass is 10.2. The Kier molecular flexibility index (Phi) is 8.65. The number of carbonyl (C=O) groups excluding carboxylic acids is 2. The van der Waals surface area contributed by atoms with Crippen molar-refractivity contribution < 1.29 is 49.6 Å². The fourth-order valence-corrected chi connectivity index (χ4v) is 5.57. The van der Waals surface area contributed by atoms with Crippen LogP contribution < -0.4 is 9.47 Å². The average molecular weight is 847 g/mol. The van der Waals surface area contributed by atoms with Crippen molar-refractivity contribution in [3.05, 3.63) is 81.5 Å². The molecule has 3 rings (SSSR count). The number of benzene rings is 3. The molecule has 0 N–H and O–H groups in total. The summed E-state index contributed by atoms with van der Waals surface area (Å²) in [7, 11) is -5.91. The van der Waals surface area contributed by atoms with Gasteiger partial charge < -0.3 is 14.0 Å². The van der Waals surface area contributed by atoms with Gasteiger partial charge in [-0.3, -0.25) is 0 Å². The van der Waals surface area contributed by atoms with Crippen molar-refractivity contribution in [3.63, 3.8) is 0 Å². The highest BCUT2D eigenvalue weighted by Crippen LogP contribution is 2.33. The second-order valence-corrected chi connectivity index (χ2v) is 11.2. The first-order valence-electron chi connectivity index (χ1n) is 8.73.